The average molecular weight is 302 g/mol. The number of aliphatic hydroxyl groups excluding tert-OH is 1. The molecule has 2 heteroatoms. The number of hydrogen-bond donors (Lipinski definition) is 1. The number of fused-ring (bicyclic) bond motifs is 3. The molecule has 0 unspecified atom stereocenters. The molecule has 0 spiro atoms. The number of Topliss-reactive ketones (excluding diaryl/α,β-unsaturated/α-hetero) is 1. The highest BCUT2D eigenvalue weighted by atomic mass is 16.3. The van der Waals surface area contributed by atoms with Crippen molar-refractivity contribution in [3.05, 3.63) is 24.3 Å². The highest BCUT2D eigenvalue weighted by Crippen LogP contribution is 2.63. The monoisotopic (exact) mass is 302 g/mol. The van der Waals surface area contributed by atoms with Gasteiger partial charge >= 0.3 is 0 Å². The number of allylic oxidation sites excluding steroid dienone is 3. The molecule has 1 N–H and O–H groups in total. The normalized spacial score (nSPS) is 47.2. The van der Waals surface area contributed by atoms with E-state index >= 15 is 0 Å². The van der Waals surface area contributed by atoms with Gasteiger partial charge < -0.3 is 5.11 Å². The molecule has 0 radical (unpaired) electrons. The topological polar surface area (TPSA) is 37.3 Å². The molecular weight excluding hydrogens is 272 g/mol. The van der Waals surface area contributed by atoms with Crippen LogP contribution in [0, 0.1) is 34.5 Å². The van der Waals surface area contributed by atoms with Crippen LogP contribution in [0.2, 0.25) is 0 Å². The van der Waals surface area contributed by atoms with E-state index in [2.05, 4.69) is 40.3 Å². The number of carbonyl (C=O) groups is 1. The van der Waals surface area contributed by atoms with Gasteiger partial charge in [0, 0.05) is 11.8 Å². The van der Waals surface area contributed by atoms with Crippen molar-refractivity contribution in [1.82, 2.24) is 0 Å². The van der Waals surface area contributed by atoms with E-state index in [0.29, 0.717) is 30.1 Å². The molecule has 0 bridgehead atoms. The van der Waals surface area contributed by atoms with Gasteiger partial charge in [0.2, 0.25) is 0 Å². The van der Waals surface area contributed by atoms with Gasteiger partial charge in [0.15, 0.2) is 5.78 Å². The average Bonchev–Trinajstić information content (AvgIpc) is 2.46. The first-order valence-electron chi connectivity index (χ1n) is 8.76. The van der Waals surface area contributed by atoms with Gasteiger partial charge in [0.25, 0.3) is 0 Å². The predicted molar refractivity (Wildman–Crippen MR) is 89.3 cm³/mol. The summed E-state index contributed by atoms with van der Waals surface area (Å²) in [5.41, 5.74) is 1.10. The molecular formula is C20H30O2. The Bertz CT molecular complexity index is 530. The molecule has 0 aromatic carbocycles. The molecule has 0 heterocycles. The van der Waals surface area contributed by atoms with E-state index < -0.39 is 6.10 Å². The third-order valence-electron chi connectivity index (χ3n) is 7.42. The van der Waals surface area contributed by atoms with Gasteiger partial charge in [-0.05, 0) is 53.9 Å². The zero-order valence-corrected chi connectivity index (χ0v) is 14.4. The molecule has 2 fully saturated rings. The summed E-state index contributed by atoms with van der Waals surface area (Å²) in [6.07, 6.45) is 7.51. The SMILES string of the molecule is C=CC1=CC[C@@H]2[C@H](CC[C@@H]3C(C)(C)[C@H](O)C(=O)C[C@@]23C)[C@@H]1C. The Balaban J connectivity index is 2.01. The van der Waals surface area contributed by atoms with Crippen LogP contribution in [0.5, 0.6) is 0 Å². The third kappa shape index (κ3) is 1.99. The van der Waals surface area contributed by atoms with Crippen LogP contribution in [0.4, 0.5) is 0 Å². The maximum atomic E-state index is 12.5. The fraction of sp³-hybridized carbons (Fsp3) is 0.750. The zero-order chi connectivity index (χ0) is 16.3. The molecule has 22 heavy (non-hydrogen) atoms. The lowest BCUT2D eigenvalue weighted by Gasteiger charge is -2.61. The van der Waals surface area contributed by atoms with Gasteiger partial charge in [0.05, 0.1) is 0 Å². The van der Waals surface area contributed by atoms with Crippen LogP contribution in [0.25, 0.3) is 0 Å². The van der Waals surface area contributed by atoms with Crippen molar-refractivity contribution in [3.63, 3.8) is 0 Å². The van der Waals surface area contributed by atoms with Gasteiger partial charge in [-0.15, -0.1) is 0 Å². The van der Waals surface area contributed by atoms with Crippen molar-refractivity contribution >= 4 is 5.78 Å². The fourth-order valence-corrected chi connectivity index (χ4v) is 6.20. The van der Waals surface area contributed by atoms with Crippen LogP contribution in [-0.4, -0.2) is 17.0 Å². The van der Waals surface area contributed by atoms with E-state index in [1.165, 1.54) is 12.0 Å². The number of carbonyl (C=O) groups excluding carboxylic acids is 1. The molecule has 3 aliphatic carbocycles. The van der Waals surface area contributed by atoms with E-state index in [9.17, 15) is 9.90 Å². The lowest BCUT2D eigenvalue weighted by molar-refractivity contribution is -0.173. The van der Waals surface area contributed by atoms with Gasteiger partial charge in [-0.1, -0.05) is 46.4 Å². The Kier molecular flexibility index (Phi) is 3.67. The summed E-state index contributed by atoms with van der Waals surface area (Å²) in [5, 5.41) is 10.4. The standard InChI is InChI=1S/C20H30O2/c1-6-13-7-9-15-14(12(13)2)8-10-17-19(3,4)18(22)16(21)11-20(15,17)5/h6-7,12,14-15,17-18,22H,1,8-11H2,2-5H3/t12-,14-,15-,17-,18-,20+/m1/s1. The summed E-state index contributed by atoms with van der Waals surface area (Å²) in [4.78, 5) is 12.5. The Morgan fingerprint density at radius 1 is 1.32 bits per heavy atom. The first-order valence-corrected chi connectivity index (χ1v) is 8.76. The molecule has 0 saturated heterocycles. The van der Waals surface area contributed by atoms with E-state index in [0.717, 1.165) is 12.8 Å². The van der Waals surface area contributed by atoms with E-state index in [-0.39, 0.29) is 16.6 Å². The maximum absolute atomic E-state index is 12.5. The smallest absolute Gasteiger partial charge is 0.162 e. The zero-order valence-electron chi connectivity index (χ0n) is 14.4. The third-order valence-corrected chi connectivity index (χ3v) is 7.42. The van der Waals surface area contributed by atoms with Crippen molar-refractivity contribution in [3.8, 4) is 0 Å². The molecule has 0 aromatic rings. The van der Waals surface area contributed by atoms with Gasteiger partial charge in [0.1, 0.15) is 6.10 Å². The Morgan fingerprint density at radius 3 is 2.64 bits per heavy atom. The maximum Gasteiger partial charge on any atom is 0.162 e. The minimum Gasteiger partial charge on any atom is -0.385 e. The first kappa shape index (κ1) is 16.0. The minimum atomic E-state index is -0.789. The summed E-state index contributed by atoms with van der Waals surface area (Å²) in [5.74, 6) is 2.23. The second-order valence-corrected chi connectivity index (χ2v) is 8.71. The lowest BCUT2D eigenvalue weighted by Crippen LogP contribution is -2.60. The van der Waals surface area contributed by atoms with Crippen LogP contribution in [0.1, 0.15) is 53.4 Å². The first-order chi connectivity index (χ1) is 10.2. The second-order valence-electron chi connectivity index (χ2n) is 8.71. The molecule has 0 aliphatic heterocycles. The molecule has 3 aliphatic rings. The molecule has 2 nitrogen and oxygen atoms in total. The van der Waals surface area contributed by atoms with Crippen LogP contribution in [0.15, 0.2) is 24.3 Å². The second kappa shape index (κ2) is 5.06. The molecule has 6 atom stereocenters. The number of hydrogen-bond acceptors (Lipinski definition) is 2. The molecule has 122 valence electrons. The summed E-state index contributed by atoms with van der Waals surface area (Å²) in [6, 6.07) is 0. The van der Waals surface area contributed by atoms with Crippen molar-refractivity contribution < 1.29 is 9.90 Å². The number of rotatable bonds is 1. The number of aliphatic hydroxyl groups is 1. The van der Waals surface area contributed by atoms with E-state index in [1.807, 2.05) is 6.08 Å². The summed E-state index contributed by atoms with van der Waals surface area (Å²) in [7, 11) is 0. The number of ketones is 1. The van der Waals surface area contributed by atoms with E-state index in [4.69, 9.17) is 0 Å². The van der Waals surface area contributed by atoms with Crippen LogP contribution in [0.3, 0.4) is 0 Å². The van der Waals surface area contributed by atoms with Crippen molar-refractivity contribution in [2.24, 2.45) is 34.5 Å². The van der Waals surface area contributed by atoms with Crippen molar-refractivity contribution in [2.45, 2.75) is 59.5 Å². The molecule has 2 saturated carbocycles. The highest BCUT2D eigenvalue weighted by Gasteiger charge is 2.60. The van der Waals surface area contributed by atoms with Crippen LogP contribution >= 0.6 is 0 Å². The van der Waals surface area contributed by atoms with Gasteiger partial charge in [-0.2, -0.15) is 0 Å². The van der Waals surface area contributed by atoms with Crippen LogP contribution < -0.4 is 0 Å². The van der Waals surface area contributed by atoms with Crippen LogP contribution in [-0.2, 0) is 4.79 Å². The minimum absolute atomic E-state index is 0.0280. The Labute approximate surface area is 134 Å². The highest BCUT2D eigenvalue weighted by molar-refractivity contribution is 5.85. The molecule has 0 amide bonds. The van der Waals surface area contributed by atoms with Crippen molar-refractivity contribution in [2.75, 3.05) is 0 Å². The lowest BCUT2D eigenvalue weighted by atomic mass is 9.43. The van der Waals surface area contributed by atoms with Gasteiger partial charge in [-0.25, -0.2) is 0 Å². The quantitative estimate of drug-likeness (QED) is 0.790. The molecule has 3 rings (SSSR count). The molecule has 0 aromatic heterocycles. The predicted octanol–water partition coefficient (Wildman–Crippen LogP) is 4.15. The van der Waals surface area contributed by atoms with Crippen molar-refractivity contribution in [1.29, 1.82) is 0 Å². The summed E-state index contributed by atoms with van der Waals surface area (Å²) in [6.45, 7) is 12.8. The summed E-state index contributed by atoms with van der Waals surface area (Å²) < 4.78 is 0. The Morgan fingerprint density at radius 2 is 2.00 bits per heavy atom. The fourth-order valence-electron chi connectivity index (χ4n) is 6.20. The largest absolute Gasteiger partial charge is 0.385 e. The van der Waals surface area contributed by atoms with E-state index in [1.54, 1.807) is 0 Å². The Hall–Kier alpha value is -0.890. The van der Waals surface area contributed by atoms with Gasteiger partial charge in [-0.3, -0.25) is 4.79 Å². The summed E-state index contributed by atoms with van der Waals surface area (Å²) >= 11 is 0.